The molecule has 0 aliphatic carbocycles. The van der Waals surface area contributed by atoms with E-state index in [2.05, 4.69) is 20.8 Å². The molecule has 0 aliphatic heterocycles. The summed E-state index contributed by atoms with van der Waals surface area (Å²) >= 11 is 0. The van der Waals surface area contributed by atoms with Crippen LogP contribution in [0.15, 0.2) is 47.7 Å². The number of benzene rings is 1. The first-order chi connectivity index (χ1) is 11.6. The van der Waals surface area contributed by atoms with Crippen LogP contribution >= 0.6 is 0 Å². The van der Waals surface area contributed by atoms with Gasteiger partial charge in [0.15, 0.2) is 11.5 Å². The molecule has 2 amide bonds. The maximum absolute atomic E-state index is 11.6. The minimum absolute atomic E-state index is 0.113. The summed E-state index contributed by atoms with van der Waals surface area (Å²) in [7, 11) is 1.42. The summed E-state index contributed by atoms with van der Waals surface area (Å²) in [6.07, 6.45) is 2.80. The Morgan fingerprint density at radius 3 is 2.79 bits per heavy atom. The van der Waals surface area contributed by atoms with Gasteiger partial charge in [-0.3, -0.25) is 14.6 Å². The normalized spacial score (nSPS) is 10.4. The third-order valence-electron chi connectivity index (χ3n) is 2.98. The SMILES string of the molecule is COc1cccc(/C=N/NC(=O)C(=O)NCc2ccccn2)c1O. The highest BCUT2D eigenvalue weighted by atomic mass is 16.5. The zero-order chi connectivity index (χ0) is 17.4. The number of nitrogens with zero attached hydrogens (tertiary/aromatic N) is 2. The van der Waals surface area contributed by atoms with Gasteiger partial charge in [0.1, 0.15) is 0 Å². The molecule has 0 saturated carbocycles. The van der Waals surface area contributed by atoms with Crippen LogP contribution < -0.4 is 15.5 Å². The second kappa shape index (κ2) is 8.28. The van der Waals surface area contributed by atoms with Crippen molar-refractivity contribution in [2.24, 2.45) is 5.10 Å². The van der Waals surface area contributed by atoms with Gasteiger partial charge in [-0.1, -0.05) is 12.1 Å². The molecule has 0 bridgehead atoms. The lowest BCUT2D eigenvalue weighted by Crippen LogP contribution is -2.37. The van der Waals surface area contributed by atoms with Gasteiger partial charge in [-0.05, 0) is 24.3 Å². The van der Waals surface area contributed by atoms with Crippen molar-refractivity contribution in [3.63, 3.8) is 0 Å². The Labute approximate surface area is 138 Å². The fraction of sp³-hybridized carbons (Fsp3) is 0.125. The number of pyridine rings is 1. The summed E-state index contributed by atoms with van der Waals surface area (Å²) in [5, 5.41) is 15.9. The fourth-order valence-electron chi connectivity index (χ4n) is 1.77. The van der Waals surface area contributed by atoms with E-state index in [4.69, 9.17) is 4.74 Å². The van der Waals surface area contributed by atoms with Gasteiger partial charge in [0.25, 0.3) is 0 Å². The predicted molar refractivity (Wildman–Crippen MR) is 86.5 cm³/mol. The second-order valence-electron chi connectivity index (χ2n) is 4.60. The smallest absolute Gasteiger partial charge is 0.329 e. The maximum Gasteiger partial charge on any atom is 0.329 e. The molecule has 0 fully saturated rings. The number of phenols is 1. The molecule has 1 heterocycles. The molecule has 8 nitrogen and oxygen atoms in total. The molecule has 0 saturated heterocycles. The Bertz CT molecular complexity index is 747. The Morgan fingerprint density at radius 1 is 1.25 bits per heavy atom. The van der Waals surface area contributed by atoms with Crippen molar-refractivity contribution in [3.05, 3.63) is 53.9 Å². The minimum atomic E-state index is -0.926. The number of nitrogens with one attached hydrogen (secondary N) is 2. The molecule has 0 aliphatic rings. The summed E-state index contributed by atoms with van der Waals surface area (Å²) in [6, 6.07) is 10.1. The summed E-state index contributed by atoms with van der Waals surface area (Å²) in [4.78, 5) is 27.3. The van der Waals surface area contributed by atoms with Crippen LogP contribution in [-0.2, 0) is 16.1 Å². The van der Waals surface area contributed by atoms with Crippen molar-refractivity contribution in [2.45, 2.75) is 6.54 Å². The van der Waals surface area contributed by atoms with Crippen LogP contribution in [0.1, 0.15) is 11.3 Å². The number of aromatic nitrogens is 1. The lowest BCUT2D eigenvalue weighted by molar-refractivity contribution is -0.139. The molecule has 3 N–H and O–H groups in total. The van der Waals surface area contributed by atoms with E-state index in [1.165, 1.54) is 13.3 Å². The molecule has 1 aromatic carbocycles. The van der Waals surface area contributed by atoms with Crippen molar-refractivity contribution < 1.29 is 19.4 Å². The zero-order valence-electron chi connectivity index (χ0n) is 12.9. The molecule has 1 aromatic heterocycles. The van der Waals surface area contributed by atoms with Crippen molar-refractivity contribution in [1.82, 2.24) is 15.7 Å². The molecule has 124 valence electrons. The molecule has 0 atom stereocenters. The van der Waals surface area contributed by atoms with Crippen LogP contribution in [0.5, 0.6) is 11.5 Å². The third-order valence-corrected chi connectivity index (χ3v) is 2.98. The van der Waals surface area contributed by atoms with Crippen molar-refractivity contribution in [1.29, 1.82) is 0 Å². The van der Waals surface area contributed by atoms with E-state index in [0.717, 1.165) is 0 Å². The number of carbonyl (C=O) groups excluding carboxylic acids is 2. The Morgan fingerprint density at radius 2 is 2.08 bits per heavy atom. The third kappa shape index (κ3) is 4.54. The summed E-state index contributed by atoms with van der Waals surface area (Å²) in [5.74, 6) is -1.60. The Kier molecular flexibility index (Phi) is 5.84. The van der Waals surface area contributed by atoms with E-state index in [9.17, 15) is 14.7 Å². The van der Waals surface area contributed by atoms with Gasteiger partial charge < -0.3 is 15.2 Å². The highest BCUT2D eigenvalue weighted by Crippen LogP contribution is 2.27. The molecule has 0 spiro atoms. The number of rotatable bonds is 5. The molecular weight excluding hydrogens is 312 g/mol. The van der Waals surface area contributed by atoms with E-state index in [0.29, 0.717) is 11.3 Å². The standard InChI is InChI=1S/C16H16N4O4/c1-24-13-7-4-5-11(14(13)21)9-19-20-16(23)15(22)18-10-12-6-2-3-8-17-12/h2-9,21H,10H2,1H3,(H,18,22)(H,20,23)/b19-9+. The van der Waals surface area contributed by atoms with Crippen molar-refractivity contribution >= 4 is 18.0 Å². The fourth-order valence-corrected chi connectivity index (χ4v) is 1.77. The quantitative estimate of drug-likeness (QED) is 0.422. The van der Waals surface area contributed by atoms with Crippen LogP contribution in [-0.4, -0.2) is 35.2 Å². The summed E-state index contributed by atoms with van der Waals surface area (Å²) < 4.78 is 4.96. The predicted octanol–water partition coefficient (Wildman–Crippen LogP) is 0.562. The topological polar surface area (TPSA) is 113 Å². The van der Waals surface area contributed by atoms with Crippen molar-refractivity contribution in [2.75, 3.05) is 7.11 Å². The number of para-hydroxylation sites is 1. The highest BCUT2D eigenvalue weighted by molar-refractivity contribution is 6.35. The number of hydrazone groups is 1. The lowest BCUT2D eigenvalue weighted by atomic mass is 10.2. The van der Waals surface area contributed by atoms with Gasteiger partial charge in [0.05, 0.1) is 25.6 Å². The van der Waals surface area contributed by atoms with E-state index < -0.39 is 11.8 Å². The molecule has 2 aromatic rings. The Balaban J connectivity index is 1.87. The lowest BCUT2D eigenvalue weighted by Gasteiger charge is -2.05. The van der Waals surface area contributed by atoms with E-state index in [1.54, 1.807) is 42.6 Å². The summed E-state index contributed by atoms with van der Waals surface area (Å²) in [5.41, 5.74) is 3.04. The average molecular weight is 328 g/mol. The van der Waals surface area contributed by atoms with Crippen LogP contribution in [0.25, 0.3) is 0 Å². The zero-order valence-corrected chi connectivity index (χ0v) is 12.9. The molecule has 0 unspecified atom stereocenters. The molecule has 24 heavy (non-hydrogen) atoms. The van der Waals surface area contributed by atoms with Crippen LogP contribution in [0.2, 0.25) is 0 Å². The number of amides is 2. The molecule has 0 radical (unpaired) electrons. The number of aromatic hydroxyl groups is 1. The maximum atomic E-state index is 11.6. The first-order valence-corrected chi connectivity index (χ1v) is 6.99. The van der Waals surface area contributed by atoms with Crippen molar-refractivity contribution in [3.8, 4) is 11.5 Å². The first kappa shape index (κ1) is 16.9. The first-order valence-electron chi connectivity index (χ1n) is 6.99. The van der Waals surface area contributed by atoms with Gasteiger partial charge in [-0.25, -0.2) is 5.43 Å². The van der Waals surface area contributed by atoms with Gasteiger partial charge in [0.2, 0.25) is 0 Å². The Hall–Kier alpha value is -3.42. The van der Waals surface area contributed by atoms with E-state index in [-0.39, 0.29) is 18.0 Å². The number of methoxy groups -OCH3 is 1. The number of carbonyl (C=O) groups is 2. The van der Waals surface area contributed by atoms with Gasteiger partial charge in [0, 0.05) is 11.8 Å². The number of phenolic OH excluding ortho intramolecular Hbond substituents is 1. The molecular formula is C16H16N4O4. The van der Waals surface area contributed by atoms with Gasteiger partial charge >= 0.3 is 11.8 Å². The monoisotopic (exact) mass is 328 g/mol. The number of hydrogen-bond donors (Lipinski definition) is 3. The van der Waals surface area contributed by atoms with E-state index in [1.807, 2.05) is 0 Å². The second-order valence-corrected chi connectivity index (χ2v) is 4.60. The van der Waals surface area contributed by atoms with Crippen LogP contribution in [0, 0.1) is 0 Å². The van der Waals surface area contributed by atoms with Gasteiger partial charge in [-0.2, -0.15) is 5.10 Å². The average Bonchev–Trinajstić information content (AvgIpc) is 2.61. The molecule has 2 rings (SSSR count). The number of ether oxygens (including phenoxy) is 1. The van der Waals surface area contributed by atoms with Crippen LogP contribution in [0.4, 0.5) is 0 Å². The minimum Gasteiger partial charge on any atom is -0.504 e. The van der Waals surface area contributed by atoms with Crippen LogP contribution in [0.3, 0.4) is 0 Å². The number of hydrogen-bond acceptors (Lipinski definition) is 6. The largest absolute Gasteiger partial charge is 0.504 e. The summed E-state index contributed by atoms with van der Waals surface area (Å²) in [6.45, 7) is 0.132. The van der Waals surface area contributed by atoms with E-state index >= 15 is 0 Å². The van der Waals surface area contributed by atoms with Gasteiger partial charge in [-0.15, -0.1) is 0 Å². The molecule has 8 heteroatoms. The highest BCUT2D eigenvalue weighted by Gasteiger charge is 2.12.